The summed E-state index contributed by atoms with van der Waals surface area (Å²) in [6.07, 6.45) is 7.82. The van der Waals surface area contributed by atoms with E-state index in [1.54, 1.807) is 0 Å². The standard InChI is InChI=1S/C16H27N5/c1-5-9-21-10-8-18-16(21)11-14(17)6-7-15-12(2)19-20(4)13(15)3/h8,10,14H,5-7,9,11,17H2,1-4H3. The predicted octanol–water partition coefficient (Wildman–Crippen LogP) is 2.15. The molecule has 0 saturated carbocycles. The van der Waals surface area contributed by atoms with Crippen molar-refractivity contribution in [1.82, 2.24) is 19.3 Å². The fraction of sp³-hybridized carbons (Fsp3) is 0.625. The summed E-state index contributed by atoms with van der Waals surface area (Å²) in [7, 11) is 1.99. The molecular weight excluding hydrogens is 262 g/mol. The summed E-state index contributed by atoms with van der Waals surface area (Å²) in [5, 5.41) is 4.46. The summed E-state index contributed by atoms with van der Waals surface area (Å²) in [5.74, 6) is 1.10. The van der Waals surface area contributed by atoms with E-state index in [-0.39, 0.29) is 6.04 Å². The molecular formula is C16H27N5. The minimum absolute atomic E-state index is 0.141. The Kier molecular flexibility index (Phi) is 5.17. The van der Waals surface area contributed by atoms with Crippen molar-refractivity contribution in [3.8, 4) is 0 Å². The largest absolute Gasteiger partial charge is 0.335 e. The molecule has 0 aliphatic carbocycles. The lowest BCUT2D eigenvalue weighted by atomic mass is 10.0. The fourth-order valence-electron chi connectivity index (χ4n) is 2.82. The molecule has 2 heterocycles. The fourth-order valence-corrected chi connectivity index (χ4v) is 2.82. The van der Waals surface area contributed by atoms with E-state index >= 15 is 0 Å². The number of aromatic nitrogens is 4. The first kappa shape index (κ1) is 15.8. The Hall–Kier alpha value is -1.62. The van der Waals surface area contributed by atoms with Crippen LogP contribution in [0.15, 0.2) is 12.4 Å². The predicted molar refractivity (Wildman–Crippen MR) is 85.2 cm³/mol. The zero-order valence-electron chi connectivity index (χ0n) is 13.6. The van der Waals surface area contributed by atoms with Gasteiger partial charge in [0.15, 0.2) is 0 Å². The van der Waals surface area contributed by atoms with Gasteiger partial charge in [0.1, 0.15) is 5.82 Å². The van der Waals surface area contributed by atoms with Crippen LogP contribution in [0.3, 0.4) is 0 Å². The number of imidazole rings is 1. The maximum Gasteiger partial charge on any atom is 0.110 e. The molecule has 0 fully saturated rings. The minimum atomic E-state index is 0.141. The molecule has 116 valence electrons. The van der Waals surface area contributed by atoms with Crippen molar-refractivity contribution in [3.05, 3.63) is 35.2 Å². The van der Waals surface area contributed by atoms with Crippen LogP contribution in [-0.4, -0.2) is 25.4 Å². The monoisotopic (exact) mass is 289 g/mol. The number of rotatable bonds is 7. The van der Waals surface area contributed by atoms with E-state index in [1.165, 1.54) is 11.3 Å². The van der Waals surface area contributed by atoms with Gasteiger partial charge in [-0.25, -0.2) is 4.98 Å². The third-order valence-corrected chi connectivity index (χ3v) is 4.13. The highest BCUT2D eigenvalue weighted by atomic mass is 15.3. The van der Waals surface area contributed by atoms with E-state index in [9.17, 15) is 0 Å². The molecule has 0 spiro atoms. The van der Waals surface area contributed by atoms with E-state index in [0.717, 1.165) is 43.7 Å². The number of nitrogens with zero attached hydrogens (tertiary/aromatic N) is 4. The van der Waals surface area contributed by atoms with Crippen LogP contribution in [0.2, 0.25) is 0 Å². The Labute approximate surface area is 127 Å². The lowest BCUT2D eigenvalue weighted by molar-refractivity contribution is 0.556. The number of hydrogen-bond donors (Lipinski definition) is 1. The molecule has 2 aromatic heterocycles. The van der Waals surface area contributed by atoms with E-state index in [1.807, 2.05) is 24.1 Å². The molecule has 0 aromatic carbocycles. The third-order valence-electron chi connectivity index (χ3n) is 4.13. The van der Waals surface area contributed by atoms with E-state index < -0.39 is 0 Å². The second kappa shape index (κ2) is 6.89. The minimum Gasteiger partial charge on any atom is -0.335 e. The first-order valence-electron chi connectivity index (χ1n) is 7.77. The first-order chi connectivity index (χ1) is 10.0. The average molecular weight is 289 g/mol. The smallest absolute Gasteiger partial charge is 0.110 e. The van der Waals surface area contributed by atoms with Crippen LogP contribution in [0.5, 0.6) is 0 Å². The van der Waals surface area contributed by atoms with Crippen LogP contribution in [0, 0.1) is 13.8 Å². The van der Waals surface area contributed by atoms with E-state index in [4.69, 9.17) is 5.73 Å². The molecule has 21 heavy (non-hydrogen) atoms. The van der Waals surface area contributed by atoms with Gasteiger partial charge in [0.2, 0.25) is 0 Å². The van der Waals surface area contributed by atoms with Crippen molar-refractivity contribution in [2.24, 2.45) is 12.8 Å². The average Bonchev–Trinajstić information content (AvgIpc) is 2.95. The summed E-state index contributed by atoms with van der Waals surface area (Å²) in [6.45, 7) is 7.39. The SMILES string of the molecule is CCCn1ccnc1CC(N)CCc1c(C)nn(C)c1C. The summed E-state index contributed by atoms with van der Waals surface area (Å²) in [5.41, 5.74) is 10.0. The van der Waals surface area contributed by atoms with Crippen molar-refractivity contribution >= 4 is 0 Å². The highest BCUT2D eigenvalue weighted by molar-refractivity contribution is 5.24. The summed E-state index contributed by atoms with van der Waals surface area (Å²) in [4.78, 5) is 4.44. The van der Waals surface area contributed by atoms with Gasteiger partial charge < -0.3 is 10.3 Å². The molecule has 5 heteroatoms. The van der Waals surface area contributed by atoms with E-state index in [0.29, 0.717) is 0 Å². The van der Waals surface area contributed by atoms with Gasteiger partial charge in [-0.1, -0.05) is 6.92 Å². The molecule has 0 radical (unpaired) electrons. The van der Waals surface area contributed by atoms with Gasteiger partial charge >= 0.3 is 0 Å². The maximum absolute atomic E-state index is 6.30. The van der Waals surface area contributed by atoms with Crippen LogP contribution in [0.1, 0.15) is 42.5 Å². The Balaban J connectivity index is 1.93. The second-order valence-electron chi connectivity index (χ2n) is 5.81. The molecule has 1 atom stereocenters. The summed E-state index contributed by atoms with van der Waals surface area (Å²) >= 11 is 0. The lowest BCUT2D eigenvalue weighted by Crippen LogP contribution is -2.25. The van der Waals surface area contributed by atoms with Gasteiger partial charge in [0, 0.05) is 44.1 Å². The van der Waals surface area contributed by atoms with E-state index in [2.05, 4.69) is 35.4 Å². The highest BCUT2D eigenvalue weighted by Gasteiger charge is 2.13. The molecule has 5 nitrogen and oxygen atoms in total. The third kappa shape index (κ3) is 3.73. The molecule has 1 unspecified atom stereocenters. The van der Waals surface area contributed by atoms with Crippen LogP contribution < -0.4 is 5.73 Å². The second-order valence-corrected chi connectivity index (χ2v) is 5.81. The maximum atomic E-state index is 6.30. The zero-order chi connectivity index (χ0) is 15.4. The zero-order valence-corrected chi connectivity index (χ0v) is 13.6. The van der Waals surface area contributed by atoms with Gasteiger partial charge in [0.25, 0.3) is 0 Å². The normalized spacial score (nSPS) is 12.8. The van der Waals surface area contributed by atoms with Crippen LogP contribution in [-0.2, 0) is 26.4 Å². The van der Waals surface area contributed by atoms with Crippen molar-refractivity contribution < 1.29 is 0 Å². The number of aryl methyl sites for hydroxylation is 3. The molecule has 0 bridgehead atoms. The first-order valence-corrected chi connectivity index (χ1v) is 7.77. The molecule has 0 aliphatic heterocycles. The van der Waals surface area contributed by atoms with Gasteiger partial charge in [-0.3, -0.25) is 4.68 Å². The van der Waals surface area contributed by atoms with Gasteiger partial charge in [-0.15, -0.1) is 0 Å². The Morgan fingerprint density at radius 1 is 1.33 bits per heavy atom. The topological polar surface area (TPSA) is 61.7 Å². The molecule has 0 saturated heterocycles. The molecule has 2 N–H and O–H groups in total. The van der Waals surface area contributed by atoms with Gasteiger partial charge in [0.05, 0.1) is 5.69 Å². The number of hydrogen-bond acceptors (Lipinski definition) is 3. The Morgan fingerprint density at radius 3 is 2.71 bits per heavy atom. The molecule has 2 rings (SSSR count). The molecule has 2 aromatic rings. The molecule has 0 amide bonds. The van der Waals surface area contributed by atoms with Crippen LogP contribution >= 0.6 is 0 Å². The quantitative estimate of drug-likeness (QED) is 0.849. The molecule has 0 aliphatic rings. The lowest BCUT2D eigenvalue weighted by Gasteiger charge is -2.13. The Morgan fingerprint density at radius 2 is 2.10 bits per heavy atom. The summed E-state index contributed by atoms with van der Waals surface area (Å²) in [6, 6.07) is 0.141. The van der Waals surface area contributed by atoms with Crippen molar-refractivity contribution in [2.45, 2.75) is 59.0 Å². The van der Waals surface area contributed by atoms with Crippen molar-refractivity contribution in [1.29, 1.82) is 0 Å². The van der Waals surface area contributed by atoms with Crippen LogP contribution in [0.4, 0.5) is 0 Å². The highest BCUT2D eigenvalue weighted by Crippen LogP contribution is 2.15. The Bertz CT molecular complexity index is 582. The number of nitrogens with two attached hydrogens (primary N) is 1. The van der Waals surface area contributed by atoms with Crippen molar-refractivity contribution in [3.63, 3.8) is 0 Å². The van der Waals surface area contributed by atoms with Gasteiger partial charge in [-0.2, -0.15) is 5.10 Å². The van der Waals surface area contributed by atoms with Gasteiger partial charge in [-0.05, 0) is 38.7 Å². The van der Waals surface area contributed by atoms with Crippen molar-refractivity contribution in [2.75, 3.05) is 0 Å². The summed E-state index contributed by atoms with van der Waals surface area (Å²) < 4.78 is 4.16. The van der Waals surface area contributed by atoms with Crippen LogP contribution in [0.25, 0.3) is 0 Å².